The molecule has 4 aromatic rings. The zero-order chi connectivity index (χ0) is 21.5. The van der Waals surface area contributed by atoms with Gasteiger partial charge in [-0.05, 0) is 0 Å². The first-order valence-electron chi connectivity index (χ1n) is 11.3. The predicted octanol–water partition coefficient (Wildman–Crippen LogP) is 2.06. The monoisotopic (exact) mass is 646 g/mol. The Hall–Kier alpha value is -2.19. The summed E-state index contributed by atoms with van der Waals surface area (Å²) in [6.45, 7) is 2.40. The third-order valence-electron chi connectivity index (χ3n) is 6.81. The van der Waals surface area contributed by atoms with Crippen molar-refractivity contribution in [2.45, 2.75) is 16.5 Å². The summed E-state index contributed by atoms with van der Waals surface area (Å²) >= 11 is -1.33. The van der Waals surface area contributed by atoms with Crippen molar-refractivity contribution < 1.29 is 47.7 Å². The van der Waals surface area contributed by atoms with Gasteiger partial charge in [0.1, 0.15) is 0 Å². The van der Waals surface area contributed by atoms with Crippen LogP contribution in [-0.2, 0) is 22.9 Å². The SMILES string of the molecule is CC1C(c2ccccc2)=[C]([Hf+2][CH]2C(c3ccccc3)=Cc3ccccc32)c2ccccc21.[Cl-].[Cl-]. The van der Waals surface area contributed by atoms with Crippen molar-refractivity contribution in [3.8, 4) is 0 Å². The molecular formula is C31H24Cl2Hf. The van der Waals surface area contributed by atoms with E-state index < -0.39 is 22.9 Å². The van der Waals surface area contributed by atoms with E-state index in [0.717, 1.165) is 0 Å². The van der Waals surface area contributed by atoms with Crippen molar-refractivity contribution >= 4 is 20.6 Å². The maximum atomic E-state index is 2.45. The van der Waals surface area contributed by atoms with Crippen LogP contribution in [0.25, 0.3) is 20.6 Å². The third-order valence-corrected chi connectivity index (χ3v) is 13.1. The van der Waals surface area contributed by atoms with E-state index in [1.165, 1.54) is 39.0 Å². The molecule has 0 bridgehead atoms. The fourth-order valence-electron chi connectivity index (χ4n) is 5.29. The summed E-state index contributed by atoms with van der Waals surface area (Å²) < 4.78 is 2.25. The summed E-state index contributed by atoms with van der Waals surface area (Å²) in [5.41, 5.74) is 11.8. The molecule has 0 amide bonds. The van der Waals surface area contributed by atoms with Gasteiger partial charge in [-0.1, -0.05) is 0 Å². The zero-order valence-corrected chi connectivity index (χ0v) is 24.0. The largest absolute Gasteiger partial charge is 1.00 e. The predicted molar refractivity (Wildman–Crippen MR) is 132 cm³/mol. The Morgan fingerprint density at radius 1 is 0.588 bits per heavy atom. The van der Waals surface area contributed by atoms with Crippen LogP contribution in [0.15, 0.2) is 109 Å². The first-order valence-corrected chi connectivity index (χ1v) is 15.2. The fourth-order valence-corrected chi connectivity index (χ4v) is 12.5. The van der Waals surface area contributed by atoms with E-state index in [9.17, 15) is 0 Å². The number of hydrogen-bond donors (Lipinski definition) is 0. The zero-order valence-electron chi connectivity index (χ0n) is 18.9. The molecule has 0 spiro atoms. The van der Waals surface area contributed by atoms with Gasteiger partial charge >= 0.3 is 203 Å². The molecule has 0 saturated carbocycles. The minimum Gasteiger partial charge on any atom is -1.00 e. The molecule has 166 valence electrons. The summed E-state index contributed by atoms with van der Waals surface area (Å²) in [4.78, 5) is 0. The van der Waals surface area contributed by atoms with Crippen LogP contribution in [0, 0.1) is 0 Å². The van der Waals surface area contributed by atoms with E-state index in [1.54, 1.807) is 8.90 Å². The Morgan fingerprint density at radius 3 is 1.85 bits per heavy atom. The molecule has 3 heteroatoms. The Kier molecular flexibility index (Phi) is 7.77. The quantitative estimate of drug-likeness (QED) is 0.299. The van der Waals surface area contributed by atoms with Gasteiger partial charge in [0.2, 0.25) is 0 Å². The molecule has 34 heavy (non-hydrogen) atoms. The fraction of sp³-hybridized carbons (Fsp3) is 0.0968. The summed E-state index contributed by atoms with van der Waals surface area (Å²) in [6, 6.07) is 40.3. The van der Waals surface area contributed by atoms with Gasteiger partial charge in [-0.25, -0.2) is 0 Å². The molecule has 6 rings (SSSR count). The summed E-state index contributed by atoms with van der Waals surface area (Å²) in [5.74, 6) is 0.455. The number of allylic oxidation sites excluding steroid dienone is 2. The van der Waals surface area contributed by atoms with Crippen LogP contribution in [0.3, 0.4) is 0 Å². The number of halogens is 2. The topological polar surface area (TPSA) is 0 Å². The first kappa shape index (κ1) is 24.9. The Balaban J connectivity index is 0.00000137. The molecule has 0 aromatic heterocycles. The smallest absolute Gasteiger partial charge is 1.00 e. The molecule has 0 saturated heterocycles. The maximum absolute atomic E-state index is 2.45. The van der Waals surface area contributed by atoms with Crippen LogP contribution in [0.1, 0.15) is 49.9 Å². The van der Waals surface area contributed by atoms with Gasteiger partial charge in [0.05, 0.1) is 0 Å². The second-order valence-electron chi connectivity index (χ2n) is 8.64. The van der Waals surface area contributed by atoms with Crippen molar-refractivity contribution in [1.82, 2.24) is 0 Å². The van der Waals surface area contributed by atoms with Crippen LogP contribution in [0.2, 0.25) is 0 Å². The molecular weight excluding hydrogens is 622 g/mol. The summed E-state index contributed by atoms with van der Waals surface area (Å²) in [5, 5.41) is 0. The number of hydrogen-bond acceptors (Lipinski definition) is 0. The summed E-state index contributed by atoms with van der Waals surface area (Å²) in [7, 11) is 0. The average molecular weight is 646 g/mol. The van der Waals surface area contributed by atoms with Crippen LogP contribution in [0.5, 0.6) is 0 Å². The number of benzene rings is 4. The van der Waals surface area contributed by atoms with Crippen LogP contribution < -0.4 is 24.8 Å². The van der Waals surface area contributed by atoms with E-state index in [0.29, 0.717) is 9.59 Å². The van der Waals surface area contributed by atoms with Crippen molar-refractivity contribution in [2.24, 2.45) is 0 Å². The second-order valence-corrected chi connectivity index (χ2v) is 13.5. The minimum absolute atomic E-state index is 0. The van der Waals surface area contributed by atoms with Crippen molar-refractivity contribution in [2.75, 3.05) is 0 Å². The van der Waals surface area contributed by atoms with E-state index in [-0.39, 0.29) is 24.8 Å². The minimum atomic E-state index is -1.33. The van der Waals surface area contributed by atoms with Gasteiger partial charge in [-0.2, -0.15) is 0 Å². The van der Waals surface area contributed by atoms with E-state index in [1.807, 2.05) is 0 Å². The van der Waals surface area contributed by atoms with E-state index >= 15 is 0 Å². The van der Waals surface area contributed by atoms with Gasteiger partial charge < -0.3 is 24.8 Å². The average Bonchev–Trinajstić information content (AvgIpc) is 3.36. The Bertz CT molecular complexity index is 1360. The molecule has 2 atom stereocenters. The van der Waals surface area contributed by atoms with Gasteiger partial charge in [0.15, 0.2) is 0 Å². The molecule has 2 unspecified atom stereocenters. The molecule has 4 aromatic carbocycles. The van der Waals surface area contributed by atoms with Gasteiger partial charge in [-0.3, -0.25) is 0 Å². The Morgan fingerprint density at radius 2 is 1.15 bits per heavy atom. The standard InChI is InChI=1S/C16H13.C15H11.2ClH.Hf/c1-12-15-10-6-5-9-14(15)11-16(12)13-7-3-2-4-8-13;1-2-6-12(7-3-1)15-10-13-8-4-5-9-14(13)11-15;;;/h2-10,12H,1H3;1-11H;2*1H;/q;;;;+2/p-2. The van der Waals surface area contributed by atoms with Crippen LogP contribution >= 0.6 is 0 Å². The second kappa shape index (κ2) is 10.6. The van der Waals surface area contributed by atoms with Crippen molar-refractivity contribution in [1.29, 1.82) is 0 Å². The van der Waals surface area contributed by atoms with Gasteiger partial charge in [-0.15, -0.1) is 0 Å². The molecule has 2 aliphatic carbocycles. The van der Waals surface area contributed by atoms with E-state index in [4.69, 9.17) is 0 Å². The summed E-state index contributed by atoms with van der Waals surface area (Å²) in [6.07, 6.45) is 2.45. The third kappa shape index (κ3) is 4.31. The molecule has 0 radical (unpaired) electrons. The van der Waals surface area contributed by atoms with E-state index in [2.05, 4.69) is 122 Å². The molecule has 0 aliphatic heterocycles. The molecule has 0 heterocycles. The first-order chi connectivity index (χ1) is 15.8. The molecule has 0 N–H and O–H groups in total. The van der Waals surface area contributed by atoms with Crippen molar-refractivity contribution in [3.05, 3.63) is 143 Å². The van der Waals surface area contributed by atoms with Crippen LogP contribution in [-0.4, -0.2) is 0 Å². The van der Waals surface area contributed by atoms with Gasteiger partial charge in [0, 0.05) is 0 Å². The van der Waals surface area contributed by atoms with Gasteiger partial charge in [0.25, 0.3) is 0 Å². The van der Waals surface area contributed by atoms with Crippen molar-refractivity contribution in [3.63, 3.8) is 0 Å². The Labute approximate surface area is 226 Å². The molecule has 2 aliphatic rings. The number of rotatable bonds is 4. The maximum Gasteiger partial charge on any atom is -1.00 e. The molecule has 0 nitrogen and oxygen atoms in total. The van der Waals surface area contributed by atoms with Crippen LogP contribution in [0.4, 0.5) is 0 Å². The normalized spacial score (nSPS) is 17.6. The number of fused-ring (bicyclic) bond motifs is 2. The molecule has 0 fully saturated rings.